The molecule has 3 heteroatoms. The molecule has 0 nitrogen and oxygen atoms in total. The van der Waals surface area contributed by atoms with Crippen molar-refractivity contribution in [2.75, 3.05) is 0 Å². The standard InChI is InChI=1S/C14H11ClS.Sb/c15-14(13-9-5-2-6-10-13)16-11-12-7-3-1-4-8-12;/h2-7,9,11,14H,1H2;/b12-11-;. The van der Waals surface area contributed by atoms with Crippen LogP contribution >= 0.6 is 23.4 Å². The van der Waals surface area contributed by atoms with E-state index in [1.165, 1.54) is 14.6 Å². The second-order valence-electron chi connectivity index (χ2n) is 3.92. The second kappa shape index (κ2) is 5.26. The fourth-order valence-electron chi connectivity index (χ4n) is 1.91. The van der Waals surface area contributed by atoms with Gasteiger partial charge in [0, 0.05) is 0 Å². The quantitative estimate of drug-likeness (QED) is 0.497. The van der Waals surface area contributed by atoms with Crippen molar-refractivity contribution in [3.8, 4) is 0 Å². The Bertz CT molecular complexity index is 531. The molecule has 0 saturated heterocycles. The van der Waals surface area contributed by atoms with Crippen LogP contribution in [0.3, 0.4) is 0 Å². The molecule has 1 radical (unpaired) electrons. The number of rotatable bonds is 0. The molecule has 0 bridgehead atoms. The minimum absolute atomic E-state index is 0.0612. The molecule has 2 aliphatic rings. The van der Waals surface area contributed by atoms with Crippen LogP contribution in [0.25, 0.3) is 0 Å². The minimum atomic E-state index is -0.492. The van der Waals surface area contributed by atoms with Gasteiger partial charge in [-0.3, -0.25) is 0 Å². The maximum absolute atomic E-state index is 6.45. The summed E-state index contributed by atoms with van der Waals surface area (Å²) in [7, 11) is 0. The molecule has 0 fully saturated rings. The van der Waals surface area contributed by atoms with Crippen molar-refractivity contribution in [2.45, 2.75) is 11.1 Å². The zero-order valence-corrected chi connectivity index (χ0v) is 13.3. The third kappa shape index (κ3) is 2.52. The Labute approximate surface area is 121 Å². The van der Waals surface area contributed by atoms with Crippen LogP contribution in [0.2, 0.25) is 0 Å². The van der Waals surface area contributed by atoms with Crippen molar-refractivity contribution in [3.63, 3.8) is 0 Å². The van der Waals surface area contributed by atoms with Gasteiger partial charge in [-0.05, 0) is 0 Å². The number of hydrogen-bond donors (Lipinski definition) is 0. The average Bonchev–Trinajstić information content (AvgIpc) is 2.36. The summed E-state index contributed by atoms with van der Waals surface area (Å²) in [5.41, 5.74) is 2.71. The third-order valence-electron chi connectivity index (χ3n) is 2.78. The second-order valence-corrected chi connectivity index (χ2v) is 8.99. The molecule has 1 heterocycles. The molecule has 0 N–H and O–H groups in total. The Morgan fingerprint density at radius 1 is 1.29 bits per heavy atom. The molecule has 1 atom stereocenters. The van der Waals surface area contributed by atoms with E-state index in [0.29, 0.717) is 0 Å². The first-order valence-corrected chi connectivity index (χ1v) is 9.45. The van der Waals surface area contributed by atoms with E-state index in [2.05, 4.69) is 47.9 Å². The molecule has 85 valence electrons. The molecule has 1 aliphatic carbocycles. The Hall–Kier alpha value is -0.102. The molecule has 0 aromatic heterocycles. The van der Waals surface area contributed by atoms with E-state index in [-0.39, 0.29) is 4.71 Å². The van der Waals surface area contributed by atoms with Crippen LogP contribution in [0.5, 0.6) is 0 Å². The molecule has 1 aromatic rings. The van der Waals surface area contributed by atoms with Crippen LogP contribution in [0, 0.1) is 0 Å². The van der Waals surface area contributed by atoms with Gasteiger partial charge in [0.15, 0.2) is 0 Å². The Morgan fingerprint density at radius 3 is 3.12 bits per heavy atom. The van der Waals surface area contributed by atoms with E-state index in [4.69, 9.17) is 11.6 Å². The molecule has 17 heavy (non-hydrogen) atoms. The number of hydrogen-bond acceptors (Lipinski definition) is 1. The van der Waals surface area contributed by atoms with Gasteiger partial charge in [-0.25, -0.2) is 0 Å². The summed E-state index contributed by atoms with van der Waals surface area (Å²) in [6.07, 6.45) is 7.94. The summed E-state index contributed by atoms with van der Waals surface area (Å²) in [5.74, 6) is 0. The summed E-state index contributed by atoms with van der Waals surface area (Å²) in [6.45, 7) is 0. The van der Waals surface area contributed by atoms with Gasteiger partial charge in [0.1, 0.15) is 0 Å². The van der Waals surface area contributed by atoms with Crippen LogP contribution < -0.4 is 3.51 Å². The van der Waals surface area contributed by atoms with Gasteiger partial charge in [-0.15, -0.1) is 0 Å². The van der Waals surface area contributed by atoms with Crippen molar-refractivity contribution in [3.05, 3.63) is 62.6 Å². The van der Waals surface area contributed by atoms with Crippen LogP contribution in [0.4, 0.5) is 0 Å². The summed E-state index contributed by atoms with van der Waals surface area (Å²) < 4.78 is 3.14. The van der Waals surface area contributed by atoms with Gasteiger partial charge >= 0.3 is 122 Å². The van der Waals surface area contributed by atoms with E-state index >= 15 is 0 Å². The zero-order valence-electron chi connectivity index (χ0n) is 9.14. The molecule has 3 rings (SSSR count). The average molecular weight is 369 g/mol. The fourth-order valence-corrected chi connectivity index (χ4v) is 7.30. The van der Waals surface area contributed by atoms with Gasteiger partial charge in [0.05, 0.1) is 0 Å². The van der Waals surface area contributed by atoms with Crippen LogP contribution in [-0.4, -0.2) is 21.6 Å². The number of halogens is 1. The zero-order chi connectivity index (χ0) is 11.7. The fraction of sp³-hybridized carbons (Fsp3) is 0.143. The molecule has 1 aliphatic heterocycles. The van der Waals surface area contributed by atoms with E-state index < -0.39 is 21.6 Å². The predicted molar refractivity (Wildman–Crippen MR) is 77.9 cm³/mol. The summed E-state index contributed by atoms with van der Waals surface area (Å²) >= 11 is 7.68. The number of alkyl halides is 1. The van der Waals surface area contributed by atoms with Gasteiger partial charge in [0.2, 0.25) is 0 Å². The first-order valence-electron chi connectivity index (χ1n) is 5.52. The molecule has 0 amide bonds. The molecule has 1 unspecified atom stereocenters. The van der Waals surface area contributed by atoms with Gasteiger partial charge in [0.25, 0.3) is 0 Å². The van der Waals surface area contributed by atoms with E-state index in [1.807, 2.05) is 0 Å². The molecule has 0 saturated carbocycles. The van der Waals surface area contributed by atoms with E-state index in [1.54, 1.807) is 15.3 Å². The van der Waals surface area contributed by atoms with Gasteiger partial charge in [-0.2, -0.15) is 0 Å². The maximum atomic E-state index is 6.45. The first-order chi connectivity index (χ1) is 8.34. The Kier molecular flexibility index (Phi) is 3.70. The van der Waals surface area contributed by atoms with Crippen LogP contribution in [0.1, 0.15) is 16.7 Å². The van der Waals surface area contributed by atoms with Crippen molar-refractivity contribution >= 4 is 48.5 Å². The summed E-state index contributed by atoms with van der Waals surface area (Å²) in [5, 5.41) is 2.23. The number of thioether (sulfide) groups is 1. The van der Waals surface area contributed by atoms with Gasteiger partial charge in [-0.1, -0.05) is 0 Å². The number of fused-ring (bicyclic) bond motifs is 2. The number of allylic oxidation sites excluding steroid dienone is 5. The van der Waals surface area contributed by atoms with Crippen LogP contribution in [0.15, 0.2) is 57.0 Å². The summed E-state index contributed by atoms with van der Waals surface area (Å²) in [4.78, 5) is 0. The topological polar surface area (TPSA) is 0 Å². The molecular weight excluding hydrogens is 357 g/mol. The normalized spacial score (nSPS) is 25.8. The molecule has 0 spiro atoms. The van der Waals surface area contributed by atoms with Crippen molar-refractivity contribution in [1.82, 2.24) is 0 Å². The predicted octanol–water partition coefficient (Wildman–Crippen LogP) is 3.73. The van der Waals surface area contributed by atoms with Gasteiger partial charge < -0.3 is 0 Å². The van der Waals surface area contributed by atoms with E-state index in [9.17, 15) is 0 Å². The Balaban J connectivity index is 2.06. The molecule has 1 aromatic carbocycles. The van der Waals surface area contributed by atoms with Crippen molar-refractivity contribution in [2.24, 2.45) is 0 Å². The van der Waals surface area contributed by atoms with Crippen molar-refractivity contribution in [1.29, 1.82) is 0 Å². The summed E-state index contributed by atoms with van der Waals surface area (Å²) in [6, 6.07) is 8.65. The van der Waals surface area contributed by atoms with Crippen LogP contribution in [-0.2, 0) is 0 Å². The number of benzene rings is 1. The SMILES string of the molecule is ClC1S/C=C2/C=CCC=[C]2[Sb][c]2ccccc21. The Morgan fingerprint density at radius 2 is 2.18 bits per heavy atom. The third-order valence-corrected chi connectivity index (χ3v) is 8.00. The van der Waals surface area contributed by atoms with E-state index in [0.717, 1.165) is 6.42 Å². The first kappa shape index (κ1) is 12.0. The van der Waals surface area contributed by atoms with Crippen molar-refractivity contribution < 1.29 is 0 Å². The monoisotopic (exact) mass is 367 g/mol. The molecular formula is C14H11ClSSb.